The molecule has 0 N–H and O–H groups in total. The number of rotatable bonds is 2. The largest absolute Gasteiger partial charge is 0.392 e. The number of alkyl halides is 3. The molecule has 3 rings (SSSR count). The van der Waals surface area contributed by atoms with Crippen molar-refractivity contribution in [3.8, 4) is 0 Å². The summed E-state index contributed by atoms with van der Waals surface area (Å²) in [5.41, 5.74) is -0.432. The van der Waals surface area contributed by atoms with Crippen LogP contribution in [0.15, 0.2) is 6.20 Å². The molecule has 1 spiro atoms. The van der Waals surface area contributed by atoms with E-state index in [1.165, 1.54) is 10.9 Å². The van der Waals surface area contributed by atoms with E-state index in [-0.39, 0.29) is 25.4 Å². The molecule has 1 saturated heterocycles. The highest BCUT2D eigenvalue weighted by Crippen LogP contribution is 2.56. The Kier molecular flexibility index (Phi) is 3.65. The van der Waals surface area contributed by atoms with E-state index in [1.807, 2.05) is 6.92 Å². The van der Waals surface area contributed by atoms with Crippen LogP contribution in [0.1, 0.15) is 43.1 Å². The number of aryl methyl sites for hydroxylation is 1. The average molecular weight is 316 g/mol. The van der Waals surface area contributed by atoms with Crippen molar-refractivity contribution in [2.75, 3.05) is 13.1 Å². The van der Waals surface area contributed by atoms with Crippen LogP contribution in [0, 0.1) is 11.3 Å². The van der Waals surface area contributed by atoms with E-state index in [2.05, 4.69) is 10.3 Å². The van der Waals surface area contributed by atoms with Gasteiger partial charge in [-0.3, -0.25) is 4.79 Å². The van der Waals surface area contributed by atoms with E-state index in [1.54, 1.807) is 4.90 Å². The Labute approximate surface area is 126 Å². The second-order valence-electron chi connectivity index (χ2n) is 6.26. The van der Waals surface area contributed by atoms with E-state index < -0.39 is 17.5 Å². The summed E-state index contributed by atoms with van der Waals surface area (Å²) < 4.78 is 41.2. The first-order valence-electron chi connectivity index (χ1n) is 7.62. The van der Waals surface area contributed by atoms with Crippen LogP contribution in [0.3, 0.4) is 0 Å². The topological polar surface area (TPSA) is 51.0 Å². The van der Waals surface area contributed by atoms with Gasteiger partial charge in [0.2, 0.25) is 0 Å². The average Bonchev–Trinajstić information content (AvgIpc) is 2.91. The molecule has 1 atom stereocenters. The predicted octanol–water partition coefficient (Wildman–Crippen LogP) is 2.49. The van der Waals surface area contributed by atoms with Crippen LogP contribution in [0.4, 0.5) is 13.2 Å². The minimum Gasteiger partial charge on any atom is -0.337 e. The predicted molar refractivity (Wildman–Crippen MR) is 72.0 cm³/mol. The molecular weight excluding hydrogens is 297 g/mol. The van der Waals surface area contributed by atoms with Crippen molar-refractivity contribution in [2.24, 2.45) is 11.3 Å². The third-order valence-electron chi connectivity index (χ3n) is 5.10. The third kappa shape index (κ3) is 2.38. The lowest BCUT2D eigenvalue weighted by Gasteiger charge is -2.54. The molecule has 22 heavy (non-hydrogen) atoms. The first-order chi connectivity index (χ1) is 10.4. The van der Waals surface area contributed by atoms with Gasteiger partial charge in [-0.15, -0.1) is 5.10 Å². The van der Waals surface area contributed by atoms with Crippen LogP contribution in [0.2, 0.25) is 0 Å². The van der Waals surface area contributed by atoms with E-state index in [0.29, 0.717) is 25.1 Å². The molecule has 0 aromatic carbocycles. The zero-order valence-electron chi connectivity index (χ0n) is 12.4. The second-order valence-corrected chi connectivity index (χ2v) is 6.26. The maximum atomic E-state index is 13.3. The molecule has 1 aromatic heterocycles. The lowest BCUT2D eigenvalue weighted by Crippen LogP contribution is -2.57. The van der Waals surface area contributed by atoms with Gasteiger partial charge in [-0.1, -0.05) is 11.6 Å². The lowest BCUT2D eigenvalue weighted by molar-refractivity contribution is -0.235. The van der Waals surface area contributed by atoms with Gasteiger partial charge in [0.05, 0.1) is 12.1 Å². The Balaban J connectivity index is 1.80. The number of piperidine rings is 1. The number of amides is 1. The molecule has 1 aliphatic heterocycles. The van der Waals surface area contributed by atoms with Crippen molar-refractivity contribution < 1.29 is 18.0 Å². The van der Waals surface area contributed by atoms with Crippen molar-refractivity contribution in [3.05, 3.63) is 11.9 Å². The number of likely N-dealkylation sites (tertiary alicyclic amines) is 1. The fourth-order valence-electron chi connectivity index (χ4n) is 3.80. The molecule has 5 nitrogen and oxygen atoms in total. The molecule has 8 heteroatoms. The number of carbonyl (C=O) groups excluding carboxylic acids is 1. The summed E-state index contributed by atoms with van der Waals surface area (Å²) in [7, 11) is 0. The van der Waals surface area contributed by atoms with Crippen LogP contribution in [-0.4, -0.2) is 45.1 Å². The SMILES string of the molecule is CCn1nncc1C(=O)N1CCC(C(F)(F)F)C2(CCC2)C1. The first-order valence-corrected chi connectivity index (χ1v) is 7.62. The molecule has 1 aromatic rings. The quantitative estimate of drug-likeness (QED) is 0.842. The van der Waals surface area contributed by atoms with Gasteiger partial charge >= 0.3 is 6.18 Å². The Hall–Kier alpha value is -1.60. The number of hydrogen-bond acceptors (Lipinski definition) is 3. The van der Waals surface area contributed by atoms with Crippen LogP contribution in [-0.2, 0) is 6.54 Å². The van der Waals surface area contributed by atoms with Crippen LogP contribution in [0.25, 0.3) is 0 Å². The van der Waals surface area contributed by atoms with Gasteiger partial charge in [-0.25, -0.2) is 4.68 Å². The van der Waals surface area contributed by atoms with Crippen LogP contribution in [0.5, 0.6) is 0 Å². The zero-order chi connectivity index (χ0) is 16.0. The van der Waals surface area contributed by atoms with Crippen molar-refractivity contribution in [1.29, 1.82) is 0 Å². The summed E-state index contributed by atoms with van der Waals surface area (Å²) in [4.78, 5) is 14.1. The highest BCUT2D eigenvalue weighted by Gasteiger charge is 2.58. The Morgan fingerprint density at radius 1 is 1.45 bits per heavy atom. The van der Waals surface area contributed by atoms with E-state index in [0.717, 1.165) is 6.42 Å². The minimum absolute atomic E-state index is 0.0110. The first kappa shape index (κ1) is 15.3. The molecule has 2 aliphatic rings. The molecule has 2 fully saturated rings. The molecule has 0 bridgehead atoms. The normalized spacial score (nSPS) is 24.4. The third-order valence-corrected chi connectivity index (χ3v) is 5.10. The van der Waals surface area contributed by atoms with Gasteiger partial charge in [0.15, 0.2) is 0 Å². The van der Waals surface area contributed by atoms with Crippen molar-refractivity contribution in [1.82, 2.24) is 19.9 Å². The molecule has 1 amide bonds. The van der Waals surface area contributed by atoms with Crippen LogP contribution < -0.4 is 0 Å². The van der Waals surface area contributed by atoms with E-state index in [9.17, 15) is 18.0 Å². The fraction of sp³-hybridized carbons (Fsp3) is 0.786. The summed E-state index contributed by atoms with van der Waals surface area (Å²) in [5.74, 6) is -1.55. The summed E-state index contributed by atoms with van der Waals surface area (Å²) in [6.45, 7) is 2.67. The summed E-state index contributed by atoms with van der Waals surface area (Å²) in [6.07, 6.45) is -0.901. The summed E-state index contributed by atoms with van der Waals surface area (Å²) in [6, 6.07) is 0. The summed E-state index contributed by atoms with van der Waals surface area (Å²) >= 11 is 0. The van der Waals surface area contributed by atoms with Crippen molar-refractivity contribution >= 4 is 5.91 Å². The van der Waals surface area contributed by atoms with Gasteiger partial charge in [-0.05, 0) is 31.6 Å². The number of nitrogens with zero attached hydrogens (tertiary/aromatic N) is 4. The number of carbonyl (C=O) groups is 1. The van der Waals surface area contributed by atoms with Gasteiger partial charge in [0, 0.05) is 19.6 Å². The van der Waals surface area contributed by atoms with Crippen molar-refractivity contribution in [2.45, 2.75) is 45.3 Å². The molecule has 122 valence electrons. The summed E-state index contributed by atoms with van der Waals surface area (Å²) in [5, 5.41) is 7.53. The Bertz CT molecular complexity index is 565. The highest BCUT2D eigenvalue weighted by atomic mass is 19.4. The molecule has 1 unspecified atom stereocenters. The highest BCUT2D eigenvalue weighted by molar-refractivity contribution is 5.92. The minimum atomic E-state index is -4.18. The number of aromatic nitrogens is 3. The second kappa shape index (κ2) is 5.24. The molecular formula is C14H19F3N4O. The lowest BCUT2D eigenvalue weighted by atomic mass is 9.58. The molecule has 1 aliphatic carbocycles. The van der Waals surface area contributed by atoms with E-state index >= 15 is 0 Å². The Morgan fingerprint density at radius 3 is 2.73 bits per heavy atom. The smallest absolute Gasteiger partial charge is 0.337 e. The molecule has 1 saturated carbocycles. The molecule has 2 heterocycles. The van der Waals surface area contributed by atoms with Gasteiger partial charge in [0.25, 0.3) is 5.91 Å². The van der Waals surface area contributed by atoms with E-state index in [4.69, 9.17) is 0 Å². The van der Waals surface area contributed by atoms with Gasteiger partial charge in [0.1, 0.15) is 5.69 Å². The maximum absolute atomic E-state index is 13.3. The number of hydrogen-bond donors (Lipinski definition) is 0. The number of halogens is 3. The zero-order valence-corrected chi connectivity index (χ0v) is 12.4. The fourth-order valence-corrected chi connectivity index (χ4v) is 3.80. The monoisotopic (exact) mass is 316 g/mol. The Morgan fingerprint density at radius 2 is 2.18 bits per heavy atom. The maximum Gasteiger partial charge on any atom is 0.392 e. The molecule has 0 radical (unpaired) electrons. The van der Waals surface area contributed by atoms with Crippen LogP contribution >= 0.6 is 0 Å². The van der Waals surface area contributed by atoms with Gasteiger partial charge < -0.3 is 4.90 Å². The van der Waals surface area contributed by atoms with Gasteiger partial charge in [-0.2, -0.15) is 13.2 Å². The standard InChI is InChI=1S/C14H19F3N4O/c1-2-21-10(8-18-19-21)12(22)20-7-4-11(14(15,16)17)13(9-20)5-3-6-13/h8,11H,2-7,9H2,1H3. The van der Waals surface area contributed by atoms with Crippen molar-refractivity contribution in [3.63, 3.8) is 0 Å².